The number of benzene rings is 1. The van der Waals surface area contributed by atoms with E-state index in [1.807, 2.05) is 31.2 Å². The van der Waals surface area contributed by atoms with Gasteiger partial charge in [-0.3, -0.25) is 4.79 Å². The van der Waals surface area contributed by atoms with E-state index in [4.69, 9.17) is 5.11 Å². The minimum Gasteiger partial charge on any atom is -0.477 e. The summed E-state index contributed by atoms with van der Waals surface area (Å²) in [7, 11) is 0. The average Bonchev–Trinajstić information content (AvgIpc) is 2.49. The van der Waals surface area contributed by atoms with E-state index in [0.29, 0.717) is 6.54 Å². The molecule has 0 spiro atoms. The van der Waals surface area contributed by atoms with Crippen LogP contribution in [-0.4, -0.2) is 28.5 Å². The Balaban J connectivity index is 1.95. The largest absolute Gasteiger partial charge is 0.477 e. The summed E-state index contributed by atoms with van der Waals surface area (Å²) < 4.78 is 0. The molecule has 1 heterocycles. The molecule has 21 heavy (non-hydrogen) atoms. The van der Waals surface area contributed by atoms with Gasteiger partial charge in [-0.15, -0.1) is 0 Å². The summed E-state index contributed by atoms with van der Waals surface area (Å²) in [6.07, 6.45) is 0.719. The van der Waals surface area contributed by atoms with Gasteiger partial charge in [0.1, 0.15) is 11.4 Å². The van der Waals surface area contributed by atoms with Gasteiger partial charge >= 0.3 is 5.97 Å². The lowest BCUT2D eigenvalue weighted by Gasteiger charge is -2.07. The highest BCUT2D eigenvalue weighted by atomic mass is 16.4. The van der Waals surface area contributed by atoms with E-state index in [2.05, 4.69) is 10.3 Å². The number of carbonyl (C=O) groups excluding carboxylic acids is 1. The minimum atomic E-state index is -1.15. The van der Waals surface area contributed by atoms with Crippen LogP contribution in [0, 0.1) is 6.92 Å². The van der Waals surface area contributed by atoms with Crippen molar-refractivity contribution in [1.82, 2.24) is 10.3 Å². The third-order valence-corrected chi connectivity index (χ3v) is 3.14. The molecule has 2 N–H and O–H groups in total. The number of hydrogen-bond donors (Lipinski definition) is 2. The number of aryl methyl sites for hydroxylation is 1. The van der Waals surface area contributed by atoms with Gasteiger partial charge in [-0.25, -0.2) is 9.78 Å². The van der Waals surface area contributed by atoms with E-state index in [9.17, 15) is 9.59 Å². The fourth-order valence-electron chi connectivity index (χ4n) is 1.97. The van der Waals surface area contributed by atoms with Gasteiger partial charge in [-0.2, -0.15) is 0 Å². The summed E-state index contributed by atoms with van der Waals surface area (Å²) in [5, 5.41) is 11.6. The molecule has 0 unspecified atom stereocenters. The van der Waals surface area contributed by atoms with Gasteiger partial charge in [-0.1, -0.05) is 30.3 Å². The smallest absolute Gasteiger partial charge is 0.354 e. The van der Waals surface area contributed by atoms with Crippen LogP contribution in [0.4, 0.5) is 0 Å². The highest BCUT2D eigenvalue weighted by molar-refractivity contribution is 5.94. The molecule has 5 heteroatoms. The number of aromatic carboxylic acids is 1. The van der Waals surface area contributed by atoms with Crippen molar-refractivity contribution < 1.29 is 14.7 Å². The first-order valence-electron chi connectivity index (χ1n) is 6.61. The molecule has 0 saturated heterocycles. The van der Waals surface area contributed by atoms with Gasteiger partial charge < -0.3 is 10.4 Å². The lowest BCUT2D eigenvalue weighted by atomic mass is 10.1. The molecule has 1 aromatic heterocycles. The number of hydrogen-bond acceptors (Lipinski definition) is 3. The van der Waals surface area contributed by atoms with Gasteiger partial charge in [0.15, 0.2) is 0 Å². The highest BCUT2D eigenvalue weighted by Gasteiger charge is 2.10. The van der Waals surface area contributed by atoms with Crippen molar-refractivity contribution in [3.8, 4) is 0 Å². The number of nitrogens with one attached hydrogen (secondary N) is 1. The fraction of sp³-hybridized carbons (Fsp3) is 0.188. The number of carbonyl (C=O) groups is 2. The Morgan fingerprint density at radius 1 is 1.10 bits per heavy atom. The van der Waals surface area contributed by atoms with Crippen molar-refractivity contribution in [2.24, 2.45) is 0 Å². The van der Waals surface area contributed by atoms with Gasteiger partial charge in [-0.05, 0) is 36.6 Å². The van der Waals surface area contributed by atoms with Gasteiger partial charge in [0.2, 0.25) is 0 Å². The fourth-order valence-corrected chi connectivity index (χ4v) is 1.97. The Hall–Kier alpha value is -2.69. The number of carboxylic acid groups (broad SMARTS) is 1. The predicted octanol–water partition coefficient (Wildman–Crippen LogP) is 2.06. The molecular weight excluding hydrogens is 268 g/mol. The highest BCUT2D eigenvalue weighted by Crippen LogP contribution is 2.07. The molecule has 0 aliphatic heterocycles. The number of carboxylic acids is 1. The molecule has 108 valence electrons. The van der Waals surface area contributed by atoms with Crippen LogP contribution < -0.4 is 5.32 Å². The Morgan fingerprint density at radius 3 is 2.52 bits per heavy atom. The Kier molecular flexibility index (Phi) is 4.66. The van der Waals surface area contributed by atoms with Gasteiger partial charge in [0, 0.05) is 6.54 Å². The zero-order chi connectivity index (χ0) is 15.2. The molecule has 0 radical (unpaired) electrons. The number of nitrogens with zero attached hydrogens (tertiary/aromatic N) is 1. The van der Waals surface area contributed by atoms with Crippen LogP contribution in [0.15, 0.2) is 42.5 Å². The second-order valence-electron chi connectivity index (χ2n) is 4.65. The second kappa shape index (κ2) is 6.65. The first-order chi connectivity index (χ1) is 10.1. The third kappa shape index (κ3) is 3.89. The van der Waals surface area contributed by atoms with Crippen molar-refractivity contribution in [2.45, 2.75) is 13.3 Å². The van der Waals surface area contributed by atoms with Crippen LogP contribution >= 0.6 is 0 Å². The first kappa shape index (κ1) is 14.7. The maximum Gasteiger partial charge on any atom is 0.354 e. The van der Waals surface area contributed by atoms with E-state index < -0.39 is 5.97 Å². The summed E-state index contributed by atoms with van der Waals surface area (Å²) in [6, 6.07) is 12.3. The summed E-state index contributed by atoms with van der Waals surface area (Å²) in [5.41, 5.74) is 2.32. The van der Waals surface area contributed by atoms with E-state index in [1.54, 1.807) is 0 Å². The lowest BCUT2D eigenvalue weighted by Crippen LogP contribution is -2.27. The van der Waals surface area contributed by atoms with Crippen LogP contribution in [0.2, 0.25) is 0 Å². The molecule has 0 bridgehead atoms. The minimum absolute atomic E-state index is 0.111. The Bertz CT molecular complexity index is 668. The lowest BCUT2D eigenvalue weighted by molar-refractivity contribution is 0.0690. The second-order valence-corrected chi connectivity index (χ2v) is 4.65. The SMILES string of the molecule is Cc1ccccc1CCNC(=O)c1cccc(C(=O)O)n1. The normalized spacial score (nSPS) is 10.1. The van der Waals surface area contributed by atoms with Gasteiger partial charge in [0.25, 0.3) is 5.91 Å². The van der Waals surface area contributed by atoms with Crippen molar-refractivity contribution >= 4 is 11.9 Å². The number of amides is 1. The van der Waals surface area contributed by atoms with Crippen molar-refractivity contribution in [2.75, 3.05) is 6.54 Å². The molecule has 0 aliphatic carbocycles. The van der Waals surface area contributed by atoms with Crippen LogP contribution in [0.25, 0.3) is 0 Å². The zero-order valence-corrected chi connectivity index (χ0v) is 11.7. The summed E-state index contributed by atoms with van der Waals surface area (Å²) in [6.45, 7) is 2.50. The molecule has 0 aliphatic rings. The maximum absolute atomic E-state index is 11.9. The van der Waals surface area contributed by atoms with Gasteiger partial charge in [0.05, 0.1) is 0 Å². The quantitative estimate of drug-likeness (QED) is 0.880. The standard InChI is InChI=1S/C16H16N2O3/c1-11-5-2-3-6-12(11)9-10-17-15(19)13-7-4-8-14(18-13)16(20)21/h2-8H,9-10H2,1H3,(H,17,19)(H,20,21). The molecule has 0 fully saturated rings. The summed E-state index contributed by atoms with van der Waals surface area (Å²) >= 11 is 0. The molecule has 5 nitrogen and oxygen atoms in total. The van der Waals surface area contributed by atoms with E-state index in [-0.39, 0.29) is 17.3 Å². The van der Waals surface area contributed by atoms with E-state index in [0.717, 1.165) is 6.42 Å². The van der Waals surface area contributed by atoms with E-state index >= 15 is 0 Å². The van der Waals surface area contributed by atoms with E-state index in [1.165, 1.54) is 29.3 Å². The Morgan fingerprint density at radius 2 is 1.81 bits per heavy atom. The molecule has 1 amide bonds. The summed E-state index contributed by atoms with van der Waals surface area (Å²) in [5.74, 6) is -1.52. The number of rotatable bonds is 5. The molecule has 1 aromatic carbocycles. The Labute approximate surface area is 122 Å². The number of pyridine rings is 1. The topological polar surface area (TPSA) is 79.3 Å². The molecule has 2 rings (SSSR count). The predicted molar refractivity (Wildman–Crippen MR) is 78.4 cm³/mol. The monoisotopic (exact) mass is 284 g/mol. The molecule has 0 saturated carbocycles. The summed E-state index contributed by atoms with van der Waals surface area (Å²) in [4.78, 5) is 26.5. The average molecular weight is 284 g/mol. The molecule has 0 atom stereocenters. The van der Waals surface area contributed by atoms with Crippen LogP contribution in [0.1, 0.15) is 32.1 Å². The van der Waals surface area contributed by atoms with Crippen molar-refractivity contribution in [1.29, 1.82) is 0 Å². The van der Waals surface area contributed by atoms with Crippen molar-refractivity contribution in [3.05, 3.63) is 65.0 Å². The van der Waals surface area contributed by atoms with Crippen LogP contribution in [0.5, 0.6) is 0 Å². The number of aromatic nitrogens is 1. The van der Waals surface area contributed by atoms with Crippen LogP contribution in [0.3, 0.4) is 0 Å². The maximum atomic E-state index is 11.9. The molecular formula is C16H16N2O3. The molecule has 2 aromatic rings. The van der Waals surface area contributed by atoms with Crippen molar-refractivity contribution in [3.63, 3.8) is 0 Å². The zero-order valence-electron chi connectivity index (χ0n) is 11.7. The van der Waals surface area contributed by atoms with Crippen LogP contribution in [-0.2, 0) is 6.42 Å². The third-order valence-electron chi connectivity index (χ3n) is 3.14. The first-order valence-corrected chi connectivity index (χ1v) is 6.61.